The number of para-hydroxylation sites is 1. The van der Waals surface area contributed by atoms with Crippen LogP contribution in [-0.4, -0.2) is 17.6 Å². The summed E-state index contributed by atoms with van der Waals surface area (Å²) in [4.78, 5) is 15.2. The van der Waals surface area contributed by atoms with Crippen LogP contribution in [0.5, 0.6) is 0 Å². The molecule has 1 heterocycles. The number of fused-ring (bicyclic) bond motifs is 1. The van der Waals surface area contributed by atoms with Crippen molar-refractivity contribution in [1.82, 2.24) is 15.6 Å². The molecule has 4 heteroatoms. The Balaban J connectivity index is 1.50. The van der Waals surface area contributed by atoms with Gasteiger partial charge in [0, 0.05) is 23.6 Å². The third-order valence-corrected chi connectivity index (χ3v) is 4.00. The van der Waals surface area contributed by atoms with Gasteiger partial charge in [-0.05, 0) is 30.5 Å². The van der Waals surface area contributed by atoms with Gasteiger partial charge in [0.25, 0.3) is 0 Å². The van der Waals surface area contributed by atoms with Crippen LogP contribution in [0.25, 0.3) is 10.9 Å². The molecular formula is C19H21N3O. The third-order valence-electron chi connectivity index (χ3n) is 4.00. The molecule has 2 amide bonds. The zero-order valence-electron chi connectivity index (χ0n) is 13.2. The number of nitrogens with one attached hydrogen (secondary N) is 3. The molecule has 0 spiro atoms. The first kappa shape index (κ1) is 15.2. The molecule has 1 unspecified atom stereocenters. The minimum atomic E-state index is -0.138. The lowest BCUT2D eigenvalue weighted by Gasteiger charge is -2.14. The summed E-state index contributed by atoms with van der Waals surface area (Å²) >= 11 is 0. The van der Waals surface area contributed by atoms with E-state index in [1.165, 1.54) is 10.9 Å². The molecule has 1 aromatic heterocycles. The van der Waals surface area contributed by atoms with Gasteiger partial charge in [-0.2, -0.15) is 0 Å². The number of rotatable bonds is 5. The molecule has 4 nitrogen and oxygen atoms in total. The summed E-state index contributed by atoms with van der Waals surface area (Å²) in [5.74, 6) is 0. The number of aromatic nitrogens is 1. The number of urea groups is 1. The molecule has 0 aliphatic heterocycles. The fourth-order valence-corrected chi connectivity index (χ4v) is 2.72. The van der Waals surface area contributed by atoms with Crippen LogP contribution in [-0.2, 0) is 6.42 Å². The molecule has 0 saturated carbocycles. The number of amides is 2. The van der Waals surface area contributed by atoms with Crippen molar-refractivity contribution in [2.24, 2.45) is 0 Å². The number of hydrogen-bond acceptors (Lipinski definition) is 1. The van der Waals surface area contributed by atoms with Gasteiger partial charge < -0.3 is 15.6 Å². The zero-order valence-corrected chi connectivity index (χ0v) is 13.2. The Morgan fingerprint density at radius 3 is 2.65 bits per heavy atom. The van der Waals surface area contributed by atoms with Gasteiger partial charge >= 0.3 is 6.03 Å². The second kappa shape index (κ2) is 7.01. The van der Waals surface area contributed by atoms with Crippen molar-refractivity contribution in [3.05, 3.63) is 71.9 Å². The summed E-state index contributed by atoms with van der Waals surface area (Å²) < 4.78 is 0. The number of carbonyl (C=O) groups is 1. The average Bonchev–Trinajstić information content (AvgIpc) is 2.99. The van der Waals surface area contributed by atoms with E-state index in [2.05, 4.69) is 27.8 Å². The van der Waals surface area contributed by atoms with Gasteiger partial charge in [-0.15, -0.1) is 0 Å². The Morgan fingerprint density at radius 2 is 1.83 bits per heavy atom. The summed E-state index contributed by atoms with van der Waals surface area (Å²) in [6, 6.07) is 18.0. The van der Waals surface area contributed by atoms with Crippen molar-refractivity contribution in [2.75, 3.05) is 6.54 Å². The fraction of sp³-hybridized carbons (Fsp3) is 0.211. The molecule has 0 radical (unpaired) electrons. The maximum Gasteiger partial charge on any atom is 0.315 e. The quantitative estimate of drug-likeness (QED) is 0.660. The Morgan fingerprint density at radius 1 is 1.09 bits per heavy atom. The van der Waals surface area contributed by atoms with Crippen molar-refractivity contribution in [1.29, 1.82) is 0 Å². The normalized spacial score (nSPS) is 12.0. The predicted molar refractivity (Wildman–Crippen MR) is 93.4 cm³/mol. The first-order chi connectivity index (χ1) is 11.2. The van der Waals surface area contributed by atoms with E-state index in [1.807, 2.05) is 55.6 Å². The topological polar surface area (TPSA) is 56.9 Å². The van der Waals surface area contributed by atoms with Crippen LogP contribution >= 0.6 is 0 Å². The number of H-pyrrole nitrogens is 1. The van der Waals surface area contributed by atoms with Crippen LogP contribution in [0.3, 0.4) is 0 Å². The van der Waals surface area contributed by atoms with E-state index >= 15 is 0 Å². The van der Waals surface area contributed by atoms with Crippen molar-refractivity contribution in [3.63, 3.8) is 0 Å². The van der Waals surface area contributed by atoms with Crippen molar-refractivity contribution in [2.45, 2.75) is 19.4 Å². The SMILES string of the molecule is CC(NC(=O)NCCc1c[nH]c2ccccc12)c1ccccc1. The molecule has 23 heavy (non-hydrogen) atoms. The van der Waals surface area contributed by atoms with E-state index in [1.54, 1.807) is 0 Å². The van der Waals surface area contributed by atoms with E-state index in [9.17, 15) is 4.79 Å². The lowest BCUT2D eigenvalue weighted by Crippen LogP contribution is -2.38. The zero-order chi connectivity index (χ0) is 16.1. The lowest BCUT2D eigenvalue weighted by atomic mass is 10.1. The van der Waals surface area contributed by atoms with Crippen LogP contribution in [0.15, 0.2) is 60.8 Å². The van der Waals surface area contributed by atoms with Crippen molar-refractivity contribution in [3.8, 4) is 0 Å². The summed E-state index contributed by atoms with van der Waals surface area (Å²) in [6.45, 7) is 2.59. The number of benzene rings is 2. The largest absolute Gasteiger partial charge is 0.361 e. The van der Waals surface area contributed by atoms with Gasteiger partial charge in [0.05, 0.1) is 6.04 Å². The molecular weight excluding hydrogens is 286 g/mol. The fourth-order valence-electron chi connectivity index (χ4n) is 2.72. The van der Waals surface area contributed by atoms with E-state index in [4.69, 9.17) is 0 Å². The maximum atomic E-state index is 12.0. The molecule has 1 atom stereocenters. The summed E-state index contributed by atoms with van der Waals surface area (Å²) in [6.07, 6.45) is 2.81. The second-order valence-electron chi connectivity index (χ2n) is 5.64. The molecule has 0 aliphatic rings. The summed E-state index contributed by atoms with van der Waals surface area (Å²) in [5.41, 5.74) is 3.45. The smallest absolute Gasteiger partial charge is 0.315 e. The molecule has 0 saturated heterocycles. The third kappa shape index (κ3) is 3.72. The number of carbonyl (C=O) groups excluding carboxylic acids is 1. The predicted octanol–water partition coefficient (Wildman–Crippen LogP) is 3.77. The van der Waals surface area contributed by atoms with Gasteiger partial charge in [-0.25, -0.2) is 4.79 Å². The molecule has 0 bridgehead atoms. The van der Waals surface area contributed by atoms with E-state index in [0.29, 0.717) is 6.54 Å². The molecule has 3 aromatic rings. The maximum absolute atomic E-state index is 12.0. The van der Waals surface area contributed by atoms with Crippen LogP contribution in [0.2, 0.25) is 0 Å². The molecule has 0 fully saturated rings. The molecule has 3 N–H and O–H groups in total. The second-order valence-corrected chi connectivity index (χ2v) is 5.64. The lowest BCUT2D eigenvalue weighted by molar-refractivity contribution is 0.238. The Labute approximate surface area is 135 Å². The summed E-state index contributed by atoms with van der Waals surface area (Å²) in [5, 5.41) is 7.09. The minimum Gasteiger partial charge on any atom is -0.361 e. The van der Waals surface area contributed by atoms with Gasteiger partial charge in [0.15, 0.2) is 0 Å². The van der Waals surface area contributed by atoms with Gasteiger partial charge in [-0.1, -0.05) is 48.5 Å². The number of hydrogen-bond donors (Lipinski definition) is 3. The van der Waals surface area contributed by atoms with E-state index in [-0.39, 0.29) is 12.1 Å². The van der Waals surface area contributed by atoms with Crippen molar-refractivity contribution < 1.29 is 4.79 Å². The van der Waals surface area contributed by atoms with E-state index < -0.39 is 0 Å². The first-order valence-electron chi connectivity index (χ1n) is 7.88. The molecule has 2 aromatic carbocycles. The van der Waals surface area contributed by atoms with Crippen LogP contribution in [0, 0.1) is 0 Å². The summed E-state index contributed by atoms with van der Waals surface area (Å²) in [7, 11) is 0. The Hall–Kier alpha value is -2.75. The number of aromatic amines is 1. The van der Waals surface area contributed by atoms with E-state index in [0.717, 1.165) is 17.5 Å². The molecule has 3 rings (SSSR count). The minimum absolute atomic E-state index is 0.00992. The molecule has 0 aliphatic carbocycles. The highest BCUT2D eigenvalue weighted by molar-refractivity contribution is 5.83. The van der Waals surface area contributed by atoms with Gasteiger partial charge in [0.1, 0.15) is 0 Å². The highest BCUT2D eigenvalue weighted by Gasteiger charge is 2.09. The Kier molecular flexibility index (Phi) is 4.62. The monoisotopic (exact) mass is 307 g/mol. The average molecular weight is 307 g/mol. The van der Waals surface area contributed by atoms with Crippen molar-refractivity contribution >= 4 is 16.9 Å². The van der Waals surface area contributed by atoms with Crippen LogP contribution < -0.4 is 10.6 Å². The van der Waals surface area contributed by atoms with Crippen LogP contribution in [0.4, 0.5) is 4.79 Å². The van der Waals surface area contributed by atoms with Gasteiger partial charge in [0.2, 0.25) is 0 Å². The standard InChI is InChI=1S/C19H21N3O/c1-14(15-7-3-2-4-8-15)22-19(23)20-12-11-16-13-21-18-10-6-5-9-17(16)18/h2-10,13-14,21H,11-12H2,1H3,(H2,20,22,23). The van der Waals surface area contributed by atoms with Crippen LogP contribution in [0.1, 0.15) is 24.1 Å². The first-order valence-corrected chi connectivity index (χ1v) is 7.88. The highest BCUT2D eigenvalue weighted by atomic mass is 16.2. The Bertz CT molecular complexity index is 779. The van der Waals surface area contributed by atoms with Gasteiger partial charge in [-0.3, -0.25) is 0 Å². The molecule has 118 valence electrons. The highest BCUT2D eigenvalue weighted by Crippen LogP contribution is 2.17.